The molecule has 0 spiro atoms. The van der Waals surface area contributed by atoms with Crippen LogP contribution in [0, 0.1) is 0 Å². The molecule has 1 fully saturated rings. The Kier molecular flexibility index (Phi) is 5.51. The molecule has 32 heavy (non-hydrogen) atoms. The van der Waals surface area contributed by atoms with Crippen LogP contribution in [0.15, 0.2) is 60.8 Å². The molecule has 164 valence electrons. The SMILES string of the molecule is COc1ccc(Oc2ccc(CNc3nc4ccc(NC5COC5)cc4n3C)cc2)nc1. The first kappa shape index (κ1) is 20.1. The van der Waals surface area contributed by atoms with Crippen molar-refractivity contribution >= 4 is 22.7 Å². The van der Waals surface area contributed by atoms with E-state index in [9.17, 15) is 0 Å². The van der Waals surface area contributed by atoms with Crippen LogP contribution in [-0.4, -0.2) is 40.9 Å². The summed E-state index contributed by atoms with van der Waals surface area (Å²) in [5, 5.41) is 6.91. The highest BCUT2D eigenvalue weighted by molar-refractivity contribution is 5.82. The second kappa shape index (κ2) is 8.76. The lowest BCUT2D eigenvalue weighted by Crippen LogP contribution is -2.40. The van der Waals surface area contributed by atoms with Gasteiger partial charge in [-0.1, -0.05) is 12.1 Å². The van der Waals surface area contributed by atoms with Crippen LogP contribution in [0.1, 0.15) is 5.56 Å². The summed E-state index contributed by atoms with van der Waals surface area (Å²) in [6.45, 7) is 2.18. The average Bonchev–Trinajstić information content (AvgIpc) is 3.11. The van der Waals surface area contributed by atoms with Gasteiger partial charge in [0.25, 0.3) is 0 Å². The maximum Gasteiger partial charge on any atom is 0.219 e. The van der Waals surface area contributed by atoms with E-state index in [1.807, 2.05) is 43.4 Å². The molecule has 3 heterocycles. The van der Waals surface area contributed by atoms with Crippen molar-refractivity contribution in [2.45, 2.75) is 12.6 Å². The van der Waals surface area contributed by atoms with E-state index in [0.717, 1.165) is 47.2 Å². The summed E-state index contributed by atoms with van der Waals surface area (Å²) in [6, 6.07) is 18.1. The quantitative estimate of drug-likeness (QED) is 0.433. The van der Waals surface area contributed by atoms with Crippen molar-refractivity contribution in [1.29, 1.82) is 0 Å². The minimum Gasteiger partial charge on any atom is -0.495 e. The van der Waals surface area contributed by atoms with Gasteiger partial charge in [-0.25, -0.2) is 9.97 Å². The number of hydrogen-bond acceptors (Lipinski definition) is 7. The van der Waals surface area contributed by atoms with Crippen molar-refractivity contribution in [3.63, 3.8) is 0 Å². The minimum absolute atomic E-state index is 0.394. The van der Waals surface area contributed by atoms with E-state index in [2.05, 4.69) is 32.3 Å². The normalized spacial score (nSPS) is 13.6. The number of rotatable bonds is 8. The topological polar surface area (TPSA) is 82.5 Å². The van der Waals surface area contributed by atoms with Crippen LogP contribution in [-0.2, 0) is 18.3 Å². The van der Waals surface area contributed by atoms with Crippen LogP contribution in [0.2, 0.25) is 0 Å². The molecule has 1 aliphatic rings. The maximum absolute atomic E-state index is 5.79. The van der Waals surface area contributed by atoms with Crippen LogP contribution >= 0.6 is 0 Å². The van der Waals surface area contributed by atoms with Crippen molar-refractivity contribution in [2.24, 2.45) is 7.05 Å². The average molecular weight is 431 g/mol. The standard InChI is InChI=1S/C24H25N5O3/c1-29-22-11-17(27-18-14-31-15-18)5-9-21(22)28-24(29)26-12-16-3-6-19(7-4-16)32-23-10-8-20(30-2)13-25-23/h3-11,13,18,27H,12,14-15H2,1-2H3,(H,26,28). The Hall–Kier alpha value is -3.78. The third kappa shape index (κ3) is 4.31. The third-order valence-electron chi connectivity index (χ3n) is 5.43. The molecule has 0 atom stereocenters. The molecule has 5 rings (SSSR count). The van der Waals surface area contributed by atoms with Crippen molar-refractivity contribution < 1.29 is 14.2 Å². The van der Waals surface area contributed by atoms with E-state index in [-0.39, 0.29) is 0 Å². The van der Waals surface area contributed by atoms with Gasteiger partial charge in [-0.15, -0.1) is 0 Å². The maximum atomic E-state index is 5.79. The Bertz CT molecular complexity index is 1200. The number of imidazole rings is 1. The summed E-state index contributed by atoms with van der Waals surface area (Å²) in [6.07, 6.45) is 1.63. The molecule has 2 aromatic heterocycles. The van der Waals surface area contributed by atoms with Gasteiger partial charge in [-0.3, -0.25) is 0 Å². The summed E-state index contributed by atoms with van der Waals surface area (Å²) in [5.41, 5.74) is 4.25. The number of nitrogens with zero attached hydrogens (tertiary/aromatic N) is 3. The molecule has 0 radical (unpaired) electrons. The van der Waals surface area contributed by atoms with E-state index in [4.69, 9.17) is 19.2 Å². The predicted octanol–water partition coefficient (Wildman–Crippen LogP) is 4.19. The molecule has 8 heteroatoms. The second-order valence-electron chi connectivity index (χ2n) is 7.71. The van der Waals surface area contributed by atoms with Crippen LogP contribution in [0.4, 0.5) is 11.6 Å². The van der Waals surface area contributed by atoms with Gasteiger partial charge >= 0.3 is 0 Å². The van der Waals surface area contributed by atoms with Crippen LogP contribution in [0.3, 0.4) is 0 Å². The van der Waals surface area contributed by atoms with E-state index in [0.29, 0.717) is 24.2 Å². The van der Waals surface area contributed by atoms with Gasteiger partial charge in [0.05, 0.1) is 43.6 Å². The van der Waals surface area contributed by atoms with Crippen molar-refractivity contribution in [2.75, 3.05) is 31.0 Å². The van der Waals surface area contributed by atoms with Crippen LogP contribution in [0.5, 0.6) is 17.4 Å². The van der Waals surface area contributed by atoms with Gasteiger partial charge in [0.2, 0.25) is 11.8 Å². The molecular weight excluding hydrogens is 406 g/mol. The zero-order chi connectivity index (χ0) is 21.9. The lowest BCUT2D eigenvalue weighted by atomic mass is 10.2. The molecule has 4 aromatic rings. The summed E-state index contributed by atoms with van der Waals surface area (Å²) in [7, 11) is 3.63. The van der Waals surface area contributed by atoms with Crippen LogP contribution in [0.25, 0.3) is 11.0 Å². The fourth-order valence-corrected chi connectivity index (χ4v) is 3.52. The largest absolute Gasteiger partial charge is 0.495 e. The lowest BCUT2D eigenvalue weighted by molar-refractivity contribution is 0.0211. The molecule has 2 aromatic carbocycles. The van der Waals surface area contributed by atoms with Gasteiger partial charge in [0.1, 0.15) is 11.5 Å². The zero-order valence-corrected chi connectivity index (χ0v) is 18.0. The van der Waals surface area contributed by atoms with E-state index >= 15 is 0 Å². The number of aromatic nitrogens is 3. The summed E-state index contributed by atoms with van der Waals surface area (Å²) < 4.78 is 18.2. The van der Waals surface area contributed by atoms with Gasteiger partial charge in [-0.05, 0) is 42.0 Å². The minimum atomic E-state index is 0.394. The number of hydrogen-bond donors (Lipinski definition) is 2. The molecule has 0 amide bonds. The third-order valence-corrected chi connectivity index (χ3v) is 5.43. The lowest BCUT2D eigenvalue weighted by Gasteiger charge is -2.27. The summed E-state index contributed by atoms with van der Waals surface area (Å²) in [5.74, 6) is 2.77. The van der Waals surface area contributed by atoms with E-state index in [1.54, 1.807) is 19.4 Å². The highest BCUT2D eigenvalue weighted by Gasteiger charge is 2.18. The number of nitrogens with one attached hydrogen (secondary N) is 2. The molecule has 2 N–H and O–H groups in total. The van der Waals surface area contributed by atoms with Gasteiger partial charge < -0.3 is 29.4 Å². The molecule has 1 aliphatic heterocycles. The number of anilines is 2. The first-order chi connectivity index (χ1) is 15.7. The Morgan fingerprint density at radius 2 is 1.88 bits per heavy atom. The predicted molar refractivity (Wildman–Crippen MR) is 124 cm³/mol. The number of methoxy groups -OCH3 is 1. The van der Waals surface area contributed by atoms with E-state index < -0.39 is 0 Å². The van der Waals surface area contributed by atoms with Crippen molar-refractivity contribution in [1.82, 2.24) is 14.5 Å². The molecular formula is C24H25N5O3. The number of pyridine rings is 1. The van der Waals surface area contributed by atoms with Gasteiger partial charge in [-0.2, -0.15) is 0 Å². The van der Waals surface area contributed by atoms with Crippen molar-refractivity contribution in [3.8, 4) is 17.4 Å². The Balaban J connectivity index is 1.22. The Morgan fingerprint density at radius 3 is 2.56 bits per heavy atom. The van der Waals surface area contributed by atoms with Gasteiger partial charge in [0.15, 0.2) is 0 Å². The Morgan fingerprint density at radius 1 is 1.06 bits per heavy atom. The number of ether oxygens (including phenoxy) is 3. The number of aryl methyl sites for hydroxylation is 1. The number of benzene rings is 2. The van der Waals surface area contributed by atoms with Crippen LogP contribution < -0.4 is 20.1 Å². The van der Waals surface area contributed by atoms with Crippen molar-refractivity contribution in [3.05, 3.63) is 66.4 Å². The Labute approximate surface area is 186 Å². The smallest absolute Gasteiger partial charge is 0.219 e. The fourth-order valence-electron chi connectivity index (χ4n) is 3.52. The highest BCUT2D eigenvalue weighted by Crippen LogP contribution is 2.25. The highest BCUT2D eigenvalue weighted by atomic mass is 16.5. The molecule has 0 aliphatic carbocycles. The zero-order valence-electron chi connectivity index (χ0n) is 18.0. The molecule has 0 bridgehead atoms. The number of fused-ring (bicyclic) bond motifs is 1. The summed E-state index contributed by atoms with van der Waals surface area (Å²) >= 11 is 0. The first-order valence-electron chi connectivity index (χ1n) is 10.5. The second-order valence-corrected chi connectivity index (χ2v) is 7.71. The monoisotopic (exact) mass is 431 g/mol. The molecule has 1 saturated heterocycles. The van der Waals surface area contributed by atoms with E-state index in [1.165, 1.54) is 0 Å². The molecule has 0 saturated carbocycles. The first-order valence-corrected chi connectivity index (χ1v) is 10.5. The molecule has 8 nitrogen and oxygen atoms in total. The molecule has 0 unspecified atom stereocenters. The summed E-state index contributed by atoms with van der Waals surface area (Å²) in [4.78, 5) is 8.95. The van der Waals surface area contributed by atoms with Gasteiger partial charge in [0, 0.05) is 25.3 Å². The fraction of sp³-hybridized carbons (Fsp3) is 0.250.